The van der Waals surface area contributed by atoms with Crippen LogP contribution in [0, 0.1) is 28.6 Å². The predicted octanol–water partition coefficient (Wildman–Crippen LogP) is 6.00. The van der Waals surface area contributed by atoms with E-state index in [2.05, 4.69) is 55.4 Å². The van der Waals surface area contributed by atoms with Crippen molar-refractivity contribution >= 4 is 5.97 Å². The SMILES string of the molecule is CC(CCC(C)C(CC(C)(C)C)C(=O)O)CCC(C)(C)C. The van der Waals surface area contributed by atoms with E-state index in [1.54, 1.807) is 0 Å². The summed E-state index contributed by atoms with van der Waals surface area (Å²) in [6.07, 6.45) is 5.42. The quantitative estimate of drug-likeness (QED) is 0.596. The fraction of sp³-hybridized carbons (Fsp3) is 0.947. The van der Waals surface area contributed by atoms with Crippen molar-refractivity contribution in [3.05, 3.63) is 0 Å². The molecule has 0 amide bonds. The number of aliphatic carboxylic acids is 1. The van der Waals surface area contributed by atoms with Crippen molar-refractivity contribution in [1.29, 1.82) is 0 Å². The number of carboxylic acids is 1. The normalized spacial score (nSPS) is 17.3. The van der Waals surface area contributed by atoms with Crippen molar-refractivity contribution in [3.63, 3.8) is 0 Å². The molecular formula is C19H38O2. The minimum absolute atomic E-state index is 0.0785. The van der Waals surface area contributed by atoms with Crippen LogP contribution in [0.4, 0.5) is 0 Å². The van der Waals surface area contributed by atoms with Crippen LogP contribution in [0.2, 0.25) is 0 Å². The molecule has 126 valence electrons. The van der Waals surface area contributed by atoms with E-state index in [-0.39, 0.29) is 17.3 Å². The average Bonchev–Trinajstić information content (AvgIpc) is 2.28. The first kappa shape index (κ1) is 20.5. The molecule has 0 aliphatic carbocycles. The standard InChI is InChI=1S/C19H38O2/c1-14(11-12-18(3,4)5)9-10-15(2)16(17(20)21)13-19(6,7)8/h14-16H,9-13H2,1-8H3,(H,20,21). The lowest BCUT2D eigenvalue weighted by Gasteiger charge is -2.28. The Morgan fingerprint density at radius 1 is 0.905 bits per heavy atom. The van der Waals surface area contributed by atoms with Gasteiger partial charge in [0.1, 0.15) is 0 Å². The van der Waals surface area contributed by atoms with Gasteiger partial charge >= 0.3 is 5.97 Å². The van der Waals surface area contributed by atoms with Crippen LogP contribution in [0.1, 0.15) is 87.5 Å². The first-order valence-electron chi connectivity index (χ1n) is 8.54. The summed E-state index contributed by atoms with van der Waals surface area (Å²) in [6.45, 7) is 17.6. The molecule has 0 saturated carbocycles. The average molecular weight is 299 g/mol. The molecule has 0 aliphatic heterocycles. The fourth-order valence-electron chi connectivity index (χ4n) is 2.76. The number of hydrogen-bond acceptors (Lipinski definition) is 1. The third kappa shape index (κ3) is 10.8. The lowest BCUT2D eigenvalue weighted by atomic mass is 9.76. The van der Waals surface area contributed by atoms with Gasteiger partial charge in [0.05, 0.1) is 5.92 Å². The Kier molecular flexibility index (Phi) is 7.99. The number of carboxylic acid groups (broad SMARTS) is 1. The first-order chi connectivity index (χ1) is 9.32. The second-order valence-electron chi connectivity index (χ2n) is 9.47. The van der Waals surface area contributed by atoms with E-state index < -0.39 is 5.97 Å². The molecule has 0 bridgehead atoms. The Hall–Kier alpha value is -0.530. The Labute approximate surface area is 132 Å². The van der Waals surface area contributed by atoms with Gasteiger partial charge < -0.3 is 5.11 Å². The van der Waals surface area contributed by atoms with Gasteiger partial charge in [-0.1, -0.05) is 68.2 Å². The molecule has 0 heterocycles. The summed E-state index contributed by atoms with van der Waals surface area (Å²) in [7, 11) is 0. The molecule has 21 heavy (non-hydrogen) atoms. The van der Waals surface area contributed by atoms with Gasteiger partial charge in [-0.25, -0.2) is 0 Å². The van der Waals surface area contributed by atoms with Gasteiger partial charge in [0.15, 0.2) is 0 Å². The molecule has 1 N–H and O–H groups in total. The van der Waals surface area contributed by atoms with Crippen LogP contribution in [0.25, 0.3) is 0 Å². The van der Waals surface area contributed by atoms with Crippen molar-refractivity contribution in [3.8, 4) is 0 Å². The van der Waals surface area contributed by atoms with E-state index in [1.807, 2.05) is 0 Å². The second kappa shape index (κ2) is 8.19. The summed E-state index contributed by atoms with van der Waals surface area (Å²) in [4.78, 5) is 11.5. The van der Waals surface area contributed by atoms with E-state index in [0.717, 1.165) is 19.3 Å². The van der Waals surface area contributed by atoms with Crippen molar-refractivity contribution in [2.24, 2.45) is 28.6 Å². The molecule has 0 saturated heterocycles. The summed E-state index contributed by atoms with van der Waals surface area (Å²) in [6, 6.07) is 0. The maximum Gasteiger partial charge on any atom is 0.306 e. The van der Waals surface area contributed by atoms with E-state index in [0.29, 0.717) is 11.3 Å². The Morgan fingerprint density at radius 3 is 1.81 bits per heavy atom. The largest absolute Gasteiger partial charge is 0.481 e. The van der Waals surface area contributed by atoms with Crippen LogP contribution >= 0.6 is 0 Å². The van der Waals surface area contributed by atoms with Crippen LogP contribution in [-0.4, -0.2) is 11.1 Å². The van der Waals surface area contributed by atoms with Crippen molar-refractivity contribution in [2.45, 2.75) is 87.5 Å². The molecule has 3 unspecified atom stereocenters. The Bertz CT molecular complexity index is 307. The first-order valence-corrected chi connectivity index (χ1v) is 8.54. The van der Waals surface area contributed by atoms with Crippen molar-refractivity contribution < 1.29 is 9.90 Å². The molecule has 3 atom stereocenters. The number of hydrogen-bond donors (Lipinski definition) is 1. The zero-order valence-corrected chi connectivity index (χ0v) is 15.6. The van der Waals surface area contributed by atoms with Gasteiger partial charge in [0.25, 0.3) is 0 Å². The highest BCUT2D eigenvalue weighted by molar-refractivity contribution is 5.70. The van der Waals surface area contributed by atoms with Gasteiger partial charge in [-0.15, -0.1) is 0 Å². The predicted molar refractivity (Wildman–Crippen MR) is 91.4 cm³/mol. The van der Waals surface area contributed by atoms with Crippen molar-refractivity contribution in [2.75, 3.05) is 0 Å². The van der Waals surface area contributed by atoms with Crippen molar-refractivity contribution in [1.82, 2.24) is 0 Å². The summed E-state index contributed by atoms with van der Waals surface area (Å²) >= 11 is 0. The molecular weight excluding hydrogens is 260 g/mol. The zero-order chi connectivity index (χ0) is 16.8. The van der Waals surface area contributed by atoms with Gasteiger partial charge in [0, 0.05) is 0 Å². The smallest absolute Gasteiger partial charge is 0.306 e. The molecule has 0 aromatic heterocycles. The summed E-state index contributed by atoms with van der Waals surface area (Å²) < 4.78 is 0. The molecule has 0 spiro atoms. The maximum atomic E-state index is 11.5. The molecule has 0 radical (unpaired) electrons. The van der Waals surface area contributed by atoms with E-state index >= 15 is 0 Å². The Balaban J connectivity index is 4.31. The van der Waals surface area contributed by atoms with E-state index in [9.17, 15) is 9.90 Å². The fourth-order valence-corrected chi connectivity index (χ4v) is 2.76. The zero-order valence-electron chi connectivity index (χ0n) is 15.6. The van der Waals surface area contributed by atoms with Crippen LogP contribution in [0.15, 0.2) is 0 Å². The van der Waals surface area contributed by atoms with Gasteiger partial charge in [-0.3, -0.25) is 4.79 Å². The van der Waals surface area contributed by atoms with Crippen LogP contribution in [-0.2, 0) is 4.79 Å². The highest BCUT2D eigenvalue weighted by Gasteiger charge is 2.29. The third-order valence-electron chi connectivity index (χ3n) is 4.34. The highest BCUT2D eigenvalue weighted by atomic mass is 16.4. The second-order valence-corrected chi connectivity index (χ2v) is 9.47. The molecule has 0 aromatic carbocycles. The van der Waals surface area contributed by atoms with Crippen LogP contribution in [0.3, 0.4) is 0 Å². The Morgan fingerprint density at radius 2 is 1.43 bits per heavy atom. The van der Waals surface area contributed by atoms with Gasteiger partial charge in [-0.05, 0) is 41.9 Å². The highest BCUT2D eigenvalue weighted by Crippen LogP contribution is 2.33. The lowest BCUT2D eigenvalue weighted by molar-refractivity contribution is -0.144. The summed E-state index contributed by atoms with van der Waals surface area (Å²) in [5, 5.41) is 9.48. The summed E-state index contributed by atoms with van der Waals surface area (Å²) in [5.41, 5.74) is 0.477. The third-order valence-corrected chi connectivity index (χ3v) is 4.34. The maximum absolute atomic E-state index is 11.5. The van der Waals surface area contributed by atoms with Gasteiger partial charge in [0.2, 0.25) is 0 Å². The van der Waals surface area contributed by atoms with Crippen LogP contribution in [0.5, 0.6) is 0 Å². The molecule has 0 fully saturated rings. The minimum Gasteiger partial charge on any atom is -0.481 e. The topological polar surface area (TPSA) is 37.3 Å². The number of carbonyl (C=O) groups is 1. The lowest BCUT2D eigenvalue weighted by Crippen LogP contribution is -2.27. The molecule has 0 aliphatic rings. The van der Waals surface area contributed by atoms with E-state index in [1.165, 1.54) is 12.8 Å². The molecule has 0 rings (SSSR count). The molecule has 2 nitrogen and oxygen atoms in total. The van der Waals surface area contributed by atoms with Crippen LogP contribution < -0.4 is 0 Å². The van der Waals surface area contributed by atoms with E-state index in [4.69, 9.17) is 0 Å². The molecule has 0 aromatic rings. The molecule has 2 heteroatoms. The summed E-state index contributed by atoms with van der Waals surface area (Å²) in [5.74, 6) is 0.120. The minimum atomic E-state index is -0.625. The number of rotatable bonds is 8. The monoisotopic (exact) mass is 298 g/mol. The van der Waals surface area contributed by atoms with Gasteiger partial charge in [-0.2, -0.15) is 0 Å².